The van der Waals surface area contributed by atoms with Crippen LogP contribution in [0.15, 0.2) is 12.3 Å². The molecule has 0 saturated heterocycles. The Balaban J connectivity index is 2.62. The van der Waals surface area contributed by atoms with E-state index >= 15 is 0 Å². The second kappa shape index (κ2) is 3.83. The molecule has 0 aromatic rings. The third-order valence-electron chi connectivity index (χ3n) is 0.230. The van der Waals surface area contributed by atoms with E-state index in [0.29, 0.717) is 0 Å². The molecule has 0 fully saturated rings. The number of nitrogens with one attached hydrogen (secondary N) is 1. The monoisotopic (exact) mass is 91.0 g/mol. The third-order valence-corrected chi connectivity index (χ3v) is 0.356. The summed E-state index contributed by atoms with van der Waals surface area (Å²) in [6.45, 7) is 1.88. The van der Waals surface area contributed by atoms with Crippen molar-refractivity contribution in [3.05, 3.63) is 12.3 Å². The van der Waals surface area contributed by atoms with Gasteiger partial charge in [0.2, 0.25) is 0 Å². The predicted molar refractivity (Wildman–Crippen MR) is 23.8 cm³/mol. The molecule has 0 unspecified atom stereocenters. The van der Waals surface area contributed by atoms with Gasteiger partial charge in [-0.1, -0.05) is 6.08 Å². The maximum Gasteiger partial charge on any atom is 0.00941 e. The molecule has 0 aromatic carbocycles. The molecule has 1 nitrogen and oxygen atoms in total. The molecule has 0 spiro atoms. The zero-order valence-electron chi connectivity index (χ0n) is 3.03. The molecule has 0 saturated carbocycles. The molecule has 0 amide bonds. The molecule has 0 bridgehead atoms. The number of rotatable bonds is 1. The van der Waals surface area contributed by atoms with Gasteiger partial charge in [0.15, 0.2) is 0 Å². The molecule has 0 aliphatic carbocycles. The van der Waals surface area contributed by atoms with Crippen LogP contribution in [0.3, 0.4) is 0 Å². The predicted octanol–water partition coefficient (Wildman–Crippen LogP) is 1.26. The van der Waals surface area contributed by atoms with Crippen molar-refractivity contribution in [3.63, 3.8) is 0 Å². The van der Waals surface area contributed by atoms with E-state index in [1.54, 1.807) is 6.20 Å². The Bertz CT molecular complexity index is 33.9. The highest BCUT2D eigenvalue weighted by Crippen LogP contribution is 1.61. The summed E-state index contributed by atoms with van der Waals surface area (Å²) in [5.41, 5.74) is 0. The lowest BCUT2D eigenvalue weighted by Crippen LogP contribution is -1.76. The molecule has 0 heterocycles. The molecule has 1 N–H and O–H groups in total. The van der Waals surface area contributed by atoms with Crippen LogP contribution in [0.5, 0.6) is 0 Å². The quantitative estimate of drug-likeness (QED) is 0.479. The SMILES string of the molecule is CC=CNCl. The highest BCUT2D eigenvalue weighted by atomic mass is 35.5. The fourth-order valence-corrected chi connectivity index (χ4v) is 0.189. The molecule has 5 heavy (non-hydrogen) atoms. The second-order valence-electron chi connectivity index (χ2n) is 0.609. The van der Waals surface area contributed by atoms with Gasteiger partial charge in [0, 0.05) is 18.0 Å². The Hall–Kier alpha value is -0.170. The van der Waals surface area contributed by atoms with Gasteiger partial charge in [-0.25, -0.2) is 0 Å². The average Bonchev–Trinajstić information content (AvgIpc) is 1.41. The Morgan fingerprint density at radius 3 is 2.40 bits per heavy atom. The van der Waals surface area contributed by atoms with Crippen molar-refractivity contribution in [3.8, 4) is 0 Å². The minimum absolute atomic E-state index is 1.64. The smallest absolute Gasteiger partial charge is 0.00941 e. The first-order chi connectivity index (χ1) is 2.41. The molecule has 0 rings (SSSR count). The van der Waals surface area contributed by atoms with Crippen LogP contribution in [0.1, 0.15) is 6.92 Å². The largest absolute Gasteiger partial charge is 0.306 e. The molecule has 0 aliphatic rings. The minimum atomic E-state index is 1.64. The molecular formula is C3H6ClN. The minimum Gasteiger partial charge on any atom is -0.306 e. The van der Waals surface area contributed by atoms with Crippen molar-refractivity contribution in [1.29, 1.82) is 0 Å². The van der Waals surface area contributed by atoms with Crippen LogP contribution in [0.25, 0.3) is 0 Å². The van der Waals surface area contributed by atoms with E-state index in [0.717, 1.165) is 0 Å². The maximum atomic E-state index is 4.96. The van der Waals surface area contributed by atoms with Crippen molar-refractivity contribution in [1.82, 2.24) is 4.84 Å². The van der Waals surface area contributed by atoms with E-state index in [1.165, 1.54) is 0 Å². The van der Waals surface area contributed by atoms with Crippen molar-refractivity contribution < 1.29 is 0 Å². The first kappa shape index (κ1) is 4.83. The second-order valence-corrected chi connectivity index (χ2v) is 0.827. The zero-order chi connectivity index (χ0) is 4.12. The van der Waals surface area contributed by atoms with Gasteiger partial charge in [0.05, 0.1) is 0 Å². The topological polar surface area (TPSA) is 12.0 Å². The van der Waals surface area contributed by atoms with Gasteiger partial charge < -0.3 is 4.84 Å². The van der Waals surface area contributed by atoms with Crippen LogP contribution in [-0.2, 0) is 0 Å². The number of hydrogen-bond donors (Lipinski definition) is 1. The molecule has 0 aliphatic heterocycles. The fourth-order valence-electron chi connectivity index (χ4n) is 0.0630. The van der Waals surface area contributed by atoms with Crippen LogP contribution in [0, 0.1) is 0 Å². The van der Waals surface area contributed by atoms with Gasteiger partial charge in [-0.3, -0.25) is 0 Å². The summed E-state index contributed by atoms with van der Waals surface area (Å²) in [7, 11) is 0. The summed E-state index contributed by atoms with van der Waals surface area (Å²) in [6.07, 6.45) is 3.45. The summed E-state index contributed by atoms with van der Waals surface area (Å²) in [5.74, 6) is 0. The highest BCUT2D eigenvalue weighted by molar-refractivity contribution is 6.14. The van der Waals surface area contributed by atoms with E-state index in [-0.39, 0.29) is 0 Å². The standard InChI is InChI=1S/C3H6ClN/c1-2-3-5-4/h2-3,5H,1H3. The Morgan fingerprint density at radius 1 is 1.80 bits per heavy atom. The van der Waals surface area contributed by atoms with Crippen molar-refractivity contribution in [2.24, 2.45) is 0 Å². The lowest BCUT2D eigenvalue weighted by Gasteiger charge is -1.70. The van der Waals surface area contributed by atoms with Gasteiger partial charge in [-0.05, 0) is 6.92 Å². The summed E-state index contributed by atoms with van der Waals surface area (Å²) >= 11 is 4.96. The summed E-state index contributed by atoms with van der Waals surface area (Å²) < 4.78 is 0. The van der Waals surface area contributed by atoms with Gasteiger partial charge in [-0.2, -0.15) is 0 Å². The van der Waals surface area contributed by atoms with Crippen LogP contribution in [0.4, 0.5) is 0 Å². The zero-order valence-corrected chi connectivity index (χ0v) is 3.79. The highest BCUT2D eigenvalue weighted by Gasteiger charge is 1.48. The Morgan fingerprint density at radius 2 is 2.40 bits per heavy atom. The van der Waals surface area contributed by atoms with Crippen LogP contribution < -0.4 is 4.84 Å². The fraction of sp³-hybridized carbons (Fsp3) is 0.333. The first-order valence-electron chi connectivity index (χ1n) is 1.39. The number of halogens is 1. The van der Waals surface area contributed by atoms with Gasteiger partial charge in [0.25, 0.3) is 0 Å². The lowest BCUT2D eigenvalue weighted by molar-refractivity contribution is 1.38. The van der Waals surface area contributed by atoms with E-state index < -0.39 is 0 Å². The van der Waals surface area contributed by atoms with Gasteiger partial charge >= 0.3 is 0 Å². The Kier molecular flexibility index (Phi) is 3.70. The normalized spacial score (nSPS) is 9.20. The third kappa shape index (κ3) is 3.83. The van der Waals surface area contributed by atoms with Crippen molar-refractivity contribution in [2.45, 2.75) is 6.92 Å². The molecule has 0 radical (unpaired) electrons. The lowest BCUT2D eigenvalue weighted by atomic mass is 10.7. The van der Waals surface area contributed by atoms with E-state index in [4.69, 9.17) is 11.8 Å². The summed E-state index contributed by atoms with van der Waals surface area (Å²) in [4.78, 5) is 2.31. The maximum absolute atomic E-state index is 4.96. The molecule has 0 aromatic heterocycles. The van der Waals surface area contributed by atoms with Gasteiger partial charge in [-0.15, -0.1) is 0 Å². The molecular weight excluding hydrogens is 85.5 g/mol. The number of allylic oxidation sites excluding steroid dienone is 1. The average molecular weight is 91.5 g/mol. The van der Waals surface area contributed by atoms with Crippen molar-refractivity contribution in [2.75, 3.05) is 0 Å². The van der Waals surface area contributed by atoms with E-state index in [2.05, 4.69) is 4.84 Å². The van der Waals surface area contributed by atoms with Crippen LogP contribution in [0.2, 0.25) is 0 Å². The summed E-state index contributed by atoms with van der Waals surface area (Å²) in [6, 6.07) is 0. The van der Waals surface area contributed by atoms with Gasteiger partial charge in [0.1, 0.15) is 0 Å². The number of hydrogen-bond acceptors (Lipinski definition) is 1. The van der Waals surface area contributed by atoms with E-state index in [1.807, 2.05) is 13.0 Å². The van der Waals surface area contributed by atoms with Crippen LogP contribution in [-0.4, -0.2) is 0 Å². The molecule has 0 atom stereocenters. The Labute approximate surface area is 36.7 Å². The van der Waals surface area contributed by atoms with E-state index in [9.17, 15) is 0 Å². The van der Waals surface area contributed by atoms with Crippen LogP contribution >= 0.6 is 11.8 Å². The molecule has 30 valence electrons. The summed E-state index contributed by atoms with van der Waals surface area (Å²) in [5, 5.41) is 0. The van der Waals surface area contributed by atoms with Crippen molar-refractivity contribution >= 4 is 11.8 Å². The molecule has 2 heteroatoms. The first-order valence-corrected chi connectivity index (χ1v) is 1.77.